The number of benzene rings is 1. The van der Waals surface area contributed by atoms with Crippen LogP contribution >= 0.6 is 15.9 Å². The van der Waals surface area contributed by atoms with Crippen LogP contribution in [-0.2, 0) is 4.79 Å². The van der Waals surface area contributed by atoms with Crippen molar-refractivity contribution >= 4 is 27.5 Å². The number of hydrogen-bond acceptors (Lipinski definition) is 2. The molecule has 1 atom stereocenters. The molecule has 17 heavy (non-hydrogen) atoms. The minimum Gasteiger partial charge on any atom is -0.300 e. The smallest absolute Gasteiger partial charge is 0.164 e. The van der Waals surface area contributed by atoms with Crippen LogP contribution in [0.4, 0.5) is 0 Å². The number of rotatable bonds is 3. The molecule has 1 aliphatic rings. The fourth-order valence-corrected chi connectivity index (χ4v) is 2.85. The average molecular weight is 295 g/mol. The zero-order valence-electron chi connectivity index (χ0n) is 9.62. The van der Waals surface area contributed by atoms with Crippen LogP contribution < -0.4 is 0 Å². The van der Waals surface area contributed by atoms with E-state index in [1.165, 1.54) is 0 Å². The Morgan fingerprint density at radius 2 is 2.12 bits per heavy atom. The van der Waals surface area contributed by atoms with E-state index in [4.69, 9.17) is 0 Å². The van der Waals surface area contributed by atoms with Crippen LogP contribution in [0.15, 0.2) is 28.7 Å². The van der Waals surface area contributed by atoms with Gasteiger partial charge in [0.1, 0.15) is 5.78 Å². The Kier molecular flexibility index (Phi) is 4.11. The lowest BCUT2D eigenvalue weighted by Gasteiger charge is -2.20. The maximum Gasteiger partial charge on any atom is 0.164 e. The van der Waals surface area contributed by atoms with Crippen LogP contribution in [0.25, 0.3) is 0 Å². The highest BCUT2D eigenvalue weighted by atomic mass is 79.9. The second-order valence-corrected chi connectivity index (χ2v) is 5.46. The maximum absolute atomic E-state index is 12.1. The van der Waals surface area contributed by atoms with Gasteiger partial charge in [0.25, 0.3) is 0 Å². The molecule has 0 heterocycles. The van der Waals surface area contributed by atoms with Crippen molar-refractivity contribution in [2.75, 3.05) is 0 Å². The third-order valence-electron chi connectivity index (χ3n) is 3.23. The molecule has 0 aromatic heterocycles. The summed E-state index contributed by atoms with van der Waals surface area (Å²) in [7, 11) is 0. The lowest BCUT2D eigenvalue weighted by Crippen LogP contribution is -2.18. The van der Waals surface area contributed by atoms with Gasteiger partial charge in [-0.15, -0.1) is 0 Å². The largest absolute Gasteiger partial charge is 0.300 e. The summed E-state index contributed by atoms with van der Waals surface area (Å²) in [5, 5.41) is 0. The highest BCUT2D eigenvalue weighted by Crippen LogP contribution is 2.27. The van der Waals surface area contributed by atoms with E-state index in [1.807, 2.05) is 24.3 Å². The predicted octanol–water partition coefficient (Wildman–Crippen LogP) is 3.78. The lowest BCUT2D eigenvalue weighted by molar-refractivity contribution is -0.121. The Morgan fingerprint density at radius 1 is 1.35 bits per heavy atom. The molecule has 90 valence electrons. The van der Waals surface area contributed by atoms with Gasteiger partial charge < -0.3 is 0 Å². The van der Waals surface area contributed by atoms with Crippen LogP contribution in [0.2, 0.25) is 0 Å². The van der Waals surface area contributed by atoms with Crippen LogP contribution in [0, 0.1) is 5.92 Å². The molecule has 3 heteroatoms. The minimum atomic E-state index is 0.136. The summed E-state index contributed by atoms with van der Waals surface area (Å²) >= 11 is 3.39. The first-order chi connectivity index (χ1) is 8.16. The molecule has 0 amide bonds. The second kappa shape index (κ2) is 5.58. The molecule has 0 aliphatic heterocycles. The monoisotopic (exact) mass is 294 g/mol. The first-order valence-electron chi connectivity index (χ1n) is 5.96. The van der Waals surface area contributed by atoms with Crippen molar-refractivity contribution in [1.82, 2.24) is 0 Å². The summed E-state index contributed by atoms with van der Waals surface area (Å²) in [6, 6.07) is 7.46. The molecule has 0 radical (unpaired) electrons. The number of carbonyl (C=O) groups excluding carboxylic acids is 2. The Balaban J connectivity index is 2.02. The molecule has 0 unspecified atom stereocenters. The van der Waals surface area contributed by atoms with Crippen molar-refractivity contribution in [3.05, 3.63) is 34.3 Å². The molecule has 0 bridgehead atoms. The summed E-state index contributed by atoms with van der Waals surface area (Å²) in [4.78, 5) is 23.4. The Bertz CT molecular complexity index is 440. The third kappa shape index (κ3) is 3.25. The third-order valence-corrected chi connectivity index (χ3v) is 3.92. The fourth-order valence-electron chi connectivity index (χ4n) is 2.35. The van der Waals surface area contributed by atoms with Crippen molar-refractivity contribution in [2.24, 2.45) is 5.92 Å². The molecule has 1 aliphatic carbocycles. The molecular formula is C14H15BrO2. The molecule has 1 saturated carbocycles. The highest BCUT2D eigenvalue weighted by Gasteiger charge is 2.22. The van der Waals surface area contributed by atoms with Gasteiger partial charge in [0, 0.05) is 29.3 Å². The summed E-state index contributed by atoms with van der Waals surface area (Å²) < 4.78 is 0.840. The van der Waals surface area contributed by atoms with Crippen molar-refractivity contribution in [3.8, 4) is 0 Å². The summed E-state index contributed by atoms with van der Waals surface area (Å²) in [6.45, 7) is 0. The molecule has 2 rings (SSSR count). The standard InChI is InChI=1S/C14H15BrO2/c15-13-7-2-1-6-12(13)14(17)9-10-4-3-5-11(16)8-10/h1-2,6-7,10H,3-5,8-9H2/t10-/m0/s1. The lowest BCUT2D eigenvalue weighted by atomic mass is 9.84. The van der Waals surface area contributed by atoms with Crippen LogP contribution in [0.3, 0.4) is 0 Å². The summed E-state index contributed by atoms with van der Waals surface area (Å²) in [5.41, 5.74) is 0.727. The van der Waals surface area contributed by atoms with E-state index in [0.29, 0.717) is 25.0 Å². The van der Waals surface area contributed by atoms with E-state index in [-0.39, 0.29) is 11.7 Å². The molecule has 1 aromatic rings. The van der Waals surface area contributed by atoms with E-state index in [0.717, 1.165) is 22.9 Å². The van der Waals surface area contributed by atoms with Crippen molar-refractivity contribution in [2.45, 2.75) is 32.1 Å². The molecule has 0 saturated heterocycles. The van der Waals surface area contributed by atoms with Gasteiger partial charge in [0.2, 0.25) is 0 Å². The van der Waals surface area contributed by atoms with Gasteiger partial charge in [-0.25, -0.2) is 0 Å². The summed E-state index contributed by atoms with van der Waals surface area (Å²) in [6.07, 6.45) is 3.71. The molecule has 0 N–H and O–H groups in total. The van der Waals surface area contributed by atoms with Crippen molar-refractivity contribution < 1.29 is 9.59 Å². The fraction of sp³-hybridized carbons (Fsp3) is 0.429. The van der Waals surface area contributed by atoms with Crippen LogP contribution in [0.5, 0.6) is 0 Å². The van der Waals surface area contributed by atoms with E-state index in [9.17, 15) is 9.59 Å². The van der Waals surface area contributed by atoms with Crippen molar-refractivity contribution in [3.63, 3.8) is 0 Å². The minimum absolute atomic E-state index is 0.136. The Morgan fingerprint density at radius 3 is 2.82 bits per heavy atom. The average Bonchev–Trinajstić information content (AvgIpc) is 2.29. The van der Waals surface area contributed by atoms with Crippen LogP contribution in [0.1, 0.15) is 42.5 Å². The quantitative estimate of drug-likeness (QED) is 0.795. The van der Waals surface area contributed by atoms with E-state index >= 15 is 0 Å². The zero-order chi connectivity index (χ0) is 12.3. The van der Waals surface area contributed by atoms with Gasteiger partial charge in [-0.1, -0.05) is 34.1 Å². The predicted molar refractivity (Wildman–Crippen MR) is 70.1 cm³/mol. The van der Waals surface area contributed by atoms with Gasteiger partial charge >= 0.3 is 0 Å². The molecular weight excluding hydrogens is 280 g/mol. The van der Waals surface area contributed by atoms with Gasteiger partial charge in [0.05, 0.1) is 0 Å². The van der Waals surface area contributed by atoms with E-state index in [2.05, 4.69) is 15.9 Å². The molecule has 2 nitrogen and oxygen atoms in total. The Labute approximate surface area is 110 Å². The SMILES string of the molecule is O=C1CCC[C@H](CC(=O)c2ccccc2Br)C1. The number of Topliss-reactive ketones (excluding diaryl/α,β-unsaturated/α-hetero) is 2. The normalized spacial score (nSPS) is 20.3. The second-order valence-electron chi connectivity index (χ2n) is 4.61. The van der Waals surface area contributed by atoms with Gasteiger partial charge in [-0.2, -0.15) is 0 Å². The van der Waals surface area contributed by atoms with Gasteiger partial charge in [-0.05, 0) is 24.8 Å². The molecule has 0 spiro atoms. The van der Waals surface area contributed by atoms with E-state index in [1.54, 1.807) is 0 Å². The highest BCUT2D eigenvalue weighted by molar-refractivity contribution is 9.10. The topological polar surface area (TPSA) is 34.1 Å². The van der Waals surface area contributed by atoms with Crippen molar-refractivity contribution in [1.29, 1.82) is 0 Å². The van der Waals surface area contributed by atoms with Crippen LogP contribution in [-0.4, -0.2) is 11.6 Å². The number of halogens is 1. The Hall–Kier alpha value is -0.960. The van der Waals surface area contributed by atoms with Gasteiger partial charge in [-0.3, -0.25) is 9.59 Å². The maximum atomic E-state index is 12.1. The summed E-state index contributed by atoms with van der Waals surface area (Å²) in [5.74, 6) is 0.689. The van der Waals surface area contributed by atoms with E-state index < -0.39 is 0 Å². The zero-order valence-corrected chi connectivity index (χ0v) is 11.2. The number of hydrogen-bond donors (Lipinski definition) is 0. The molecule has 1 aromatic carbocycles. The number of carbonyl (C=O) groups is 2. The van der Waals surface area contributed by atoms with Gasteiger partial charge in [0.15, 0.2) is 5.78 Å². The first-order valence-corrected chi connectivity index (χ1v) is 6.75. The number of ketones is 2. The molecule has 1 fully saturated rings. The first kappa shape index (κ1) is 12.5.